The molecule has 0 fully saturated rings. The molecule has 0 aliphatic rings. The average molecular weight is 366 g/mol. The lowest BCUT2D eigenvalue weighted by Gasteiger charge is -2.02. The van der Waals surface area contributed by atoms with E-state index in [1.54, 1.807) is 25.1 Å². The van der Waals surface area contributed by atoms with Gasteiger partial charge >= 0.3 is 11.9 Å². The van der Waals surface area contributed by atoms with Crippen molar-refractivity contribution in [1.82, 2.24) is 0 Å². The highest BCUT2D eigenvalue weighted by atomic mass is 127. The standard InChI is InChI=1S/C7H5IO2.C5H10O3/c8-6-4-2-1-3-5(6)7(9)10;1-4(8-2)3-5(6)7/h1-4H,(H,9,10);4H,3H2,1-2H3,(H,6,7). The highest BCUT2D eigenvalue weighted by Crippen LogP contribution is 2.10. The van der Waals surface area contributed by atoms with E-state index < -0.39 is 11.9 Å². The molecule has 6 heteroatoms. The van der Waals surface area contributed by atoms with Gasteiger partial charge in [-0.3, -0.25) is 4.79 Å². The molecule has 1 aromatic carbocycles. The fourth-order valence-electron chi connectivity index (χ4n) is 0.964. The Bertz CT molecular complexity index is 405. The molecule has 0 aliphatic carbocycles. The van der Waals surface area contributed by atoms with E-state index in [4.69, 9.17) is 10.2 Å². The van der Waals surface area contributed by atoms with E-state index in [2.05, 4.69) is 4.74 Å². The molecule has 0 saturated heterocycles. The molecule has 0 aromatic heterocycles. The average Bonchev–Trinajstić information content (AvgIpc) is 2.29. The molecule has 0 heterocycles. The van der Waals surface area contributed by atoms with Crippen LogP contribution in [0.1, 0.15) is 23.7 Å². The summed E-state index contributed by atoms with van der Waals surface area (Å²) >= 11 is 1.99. The van der Waals surface area contributed by atoms with Crippen LogP contribution >= 0.6 is 22.6 Å². The van der Waals surface area contributed by atoms with E-state index >= 15 is 0 Å². The molecule has 0 spiro atoms. The number of aromatic carboxylic acids is 1. The van der Waals surface area contributed by atoms with Crippen LogP contribution in [-0.4, -0.2) is 35.4 Å². The van der Waals surface area contributed by atoms with Gasteiger partial charge in [0, 0.05) is 10.7 Å². The maximum atomic E-state index is 10.4. The third kappa shape index (κ3) is 7.23. The van der Waals surface area contributed by atoms with Gasteiger partial charge in [-0.2, -0.15) is 0 Å². The number of methoxy groups -OCH3 is 1. The van der Waals surface area contributed by atoms with Gasteiger partial charge in [-0.1, -0.05) is 12.1 Å². The van der Waals surface area contributed by atoms with Crippen molar-refractivity contribution in [2.45, 2.75) is 19.4 Å². The Morgan fingerprint density at radius 3 is 2.17 bits per heavy atom. The van der Waals surface area contributed by atoms with Crippen molar-refractivity contribution < 1.29 is 24.5 Å². The quantitative estimate of drug-likeness (QED) is 0.800. The molecule has 1 rings (SSSR count). The van der Waals surface area contributed by atoms with Crippen LogP contribution in [0.5, 0.6) is 0 Å². The number of ether oxygens (including phenoxy) is 1. The highest BCUT2D eigenvalue weighted by molar-refractivity contribution is 14.1. The normalized spacial score (nSPS) is 11.1. The van der Waals surface area contributed by atoms with Gasteiger partial charge in [-0.15, -0.1) is 0 Å². The second-order valence-corrected chi connectivity index (χ2v) is 4.59. The van der Waals surface area contributed by atoms with Crippen molar-refractivity contribution in [1.29, 1.82) is 0 Å². The van der Waals surface area contributed by atoms with Gasteiger partial charge in [0.15, 0.2) is 0 Å². The summed E-state index contributed by atoms with van der Waals surface area (Å²) in [6, 6.07) is 6.88. The lowest BCUT2D eigenvalue weighted by Crippen LogP contribution is -2.10. The van der Waals surface area contributed by atoms with E-state index in [-0.39, 0.29) is 12.5 Å². The van der Waals surface area contributed by atoms with E-state index in [0.717, 1.165) is 3.57 Å². The lowest BCUT2D eigenvalue weighted by atomic mass is 10.2. The minimum atomic E-state index is -0.870. The van der Waals surface area contributed by atoms with Crippen LogP contribution in [0.25, 0.3) is 0 Å². The van der Waals surface area contributed by atoms with Crippen molar-refractivity contribution in [2.24, 2.45) is 0 Å². The highest BCUT2D eigenvalue weighted by Gasteiger charge is 2.04. The third-order valence-corrected chi connectivity index (χ3v) is 2.91. The van der Waals surface area contributed by atoms with Crippen LogP contribution in [0.4, 0.5) is 0 Å². The second-order valence-electron chi connectivity index (χ2n) is 3.43. The van der Waals surface area contributed by atoms with Crippen molar-refractivity contribution in [2.75, 3.05) is 7.11 Å². The van der Waals surface area contributed by atoms with Gasteiger partial charge in [0.25, 0.3) is 0 Å². The van der Waals surface area contributed by atoms with E-state index in [0.29, 0.717) is 5.56 Å². The van der Waals surface area contributed by atoms with Crippen LogP contribution in [0.2, 0.25) is 0 Å². The SMILES string of the molecule is COC(C)CC(=O)O.O=C(O)c1ccccc1I. The summed E-state index contributed by atoms with van der Waals surface area (Å²) in [4.78, 5) is 20.3. The Morgan fingerprint density at radius 2 is 1.89 bits per heavy atom. The third-order valence-electron chi connectivity index (χ3n) is 1.97. The van der Waals surface area contributed by atoms with Crippen molar-refractivity contribution in [3.8, 4) is 0 Å². The molecule has 2 N–H and O–H groups in total. The van der Waals surface area contributed by atoms with Gasteiger partial charge in [0.2, 0.25) is 0 Å². The topological polar surface area (TPSA) is 83.8 Å². The number of aliphatic carboxylic acids is 1. The Balaban J connectivity index is 0.000000331. The van der Waals surface area contributed by atoms with E-state index in [1.165, 1.54) is 7.11 Å². The van der Waals surface area contributed by atoms with Crippen LogP contribution in [0.15, 0.2) is 24.3 Å². The van der Waals surface area contributed by atoms with Crippen LogP contribution in [0, 0.1) is 3.57 Å². The summed E-state index contributed by atoms with van der Waals surface area (Å²) in [6.45, 7) is 1.72. The molecule has 100 valence electrons. The molecule has 0 radical (unpaired) electrons. The largest absolute Gasteiger partial charge is 0.481 e. The molecule has 1 unspecified atom stereocenters. The Kier molecular flexibility index (Phi) is 8.30. The van der Waals surface area contributed by atoms with Crippen LogP contribution < -0.4 is 0 Å². The Labute approximate surface area is 119 Å². The summed E-state index contributed by atoms with van der Waals surface area (Å²) in [5, 5.41) is 16.7. The minimum absolute atomic E-state index is 0.0799. The molecule has 1 atom stereocenters. The number of benzene rings is 1. The van der Waals surface area contributed by atoms with E-state index in [1.807, 2.05) is 28.7 Å². The van der Waals surface area contributed by atoms with Crippen molar-refractivity contribution in [3.05, 3.63) is 33.4 Å². The zero-order chi connectivity index (χ0) is 14.1. The summed E-state index contributed by atoms with van der Waals surface area (Å²) in [7, 11) is 1.49. The number of hydrogen-bond acceptors (Lipinski definition) is 3. The van der Waals surface area contributed by atoms with E-state index in [9.17, 15) is 9.59 Å². The first-order chi connectivity index (χ1) is 8.38. The second kappa shape index (κ2) is 8.87. The maximum absolute atomic E-state index is 10.4. The molecule has 0 amide bonds. The molecule has 0 bridgehead atoms. The summed E-state index contributed by atoms with van der Waals surface area (Å²) in [5.41, 5.74) is 0.364. The monoisotopic (exact) mass is 366 g/mol. The molecule has 18 heavy (non-hydrogen) atoms. The maximum Gasteiger partial charge on any atom is 0.336 e. The van der Waals surface area contributed by atoms with Gasteiger partial charge in [0.1, 0.15) is 0 Å². The fraction of sp³-hybridized carbons (Fsp3) is 0.333. The molecule has 0 aliphatic heterocycles. The first kappa shape index (κ1) is 16.9. The smallest absolute Gasteiger partial charge is 0.336 e. The number of hydrogen-bond donors (Lipinski definition) is 2. The number of carboxylic acid groups (broad SMARTS) is 2. The fourth-order valence-corrected chi connectivity index (χ4v) is 1.58. The number of halogens is 1. The predicted molar refractivity (Wildman–Crippen MR) is 74.8 cm³/mol. The van der Waals surface area contributed by atoms with Crippen LogP contribution in [0.3, 0.4) is 0 Å². The zero-order valence-electron chi connectivity index (χ0n) is 10.1. The van der Waals surface area contributed by atoms with Gasteiger partial charge in [0.05, 0.1) is 18.1 Å². The first-order valence-corrected chi connectivity index (χ1v) is 6.18. The van der Waals surface area contributed by atoms with Gasteiger partial charge in [-0.25, -0.2) is 4.79 Å². The zero-order valence-corrected chi connectivity index (χ0v) is 12.2. The predicted octanol–water partition coefficient (Wildman–Crippen LogP) is 2.49. The molecule has 0 saturated carbocycles. The Hall–Kier alpha value is -1.15. The van der Waals surface area contributed by atoms with Gasteiger partial charge in [-0.05, 0) is 41.6 Å². The minimum Gasteiger partial charge on any atom is -0.481 e. The first-order valence-electron chi connectivity index (χ1n) is 5.10. The summed E-state index contributed by atoms with van der Waals surface area (Å²) < 4.78 is 5.45. The van der Waals surface area contributed by atoms with Crippen molar-refractivity contribution in [3.63, 3.8) is 0 Å². The molecule has 5 nitrogen and oxygen atoms in total. The summed E-state index contributed by atoms with van der Waals surface area (Å²) in [5.74, 6) is -1.69. The summed E-state index contributed by atoms with van der Waals surface area (Å²) in [6.07, 6.45) is -0.0938. The number of rotatable bonds is 4. The van der Waals surface area contributed by atoms with Crippen molar-refractivity contribution >= 4 is 34.5 Å². The number of carboxylic acids is 2. The number of carbonyl (C=O) groups is 2. The molecule has 1 aromatic rings. The Morgan fingerprint density at radius 1 is 1.33 bits per heavy atom. The molecular weight excluding hydrogens is 351 g/mol. The molecular formula is C12H15IO5. The van der Waals surface area contributed by atoms with Gasteiger partial charge < -0.3 is 14.9 Å². The lowest BCUT2D eigenvalue weighted by molar-refractivity contribution is -0.139. The van der Waals surface area contributed by atoms with Crippen LogP contribution in [-0.2, 0) is 9.53 Å².